The third kappa shape index (κ3) is 2.22. The summed E-state index contributed by atoms with van der Waals surface area (Å²) in [6, 6.07) is 5.98. The highest BCUT2D eigenvalue weighted by atomic mass is 15.6. The van der Waals surface area contributed by atoms with Gasteiger partial charge in [0.2, 0.25) is 0 Å². The fourth-order valence-electron chi connectivity index (χ4n) is 2.67. The Morgan fingerprint density at radius 2 is 2.19 bits per heavy atom. The van der Waals surface area contributed by atoms with Crippen LogP contribution >= 0.6 is 0 Å². The average Bonchev–Trinajstić information content (AvgIpc) is 3.13. The molecule has 1 N–H and O–H groups in total. The number of fused-ring (bicyclic) bond motifs is 2. The van der Waals surface area contributed by atoms with Crippen LogP contribution in [0, 0.1) is 0 Å². The van der Waals surface area contributed by atoms with E-state index in [0.717, 1.165) is 24.5 Å². The molecule has 1 aliphatic rings. The Hall–Kier alpha value is -2.51. The van der Waals surface area contributed by atoms with Crippen LogP contribution in [0.2, 0.25) is 0 Å². The van der Waals surface area contributed by atoms with Gasteiger partial charge < -0.3 is 5.32 Å². The van der Waals surface area contributed by atoms with E-state index in [9.17, 15) is 0 Å². The van der Waals surface area contributed by atoms with Gasteiger partial charge in [-0.05, 0) is 54.8 Å². The molecule has 8 nitrogen and oxygen atoms in total. The van der Waals surface area contributed by atoms with Crippen molar-refractivity contribution in [1.82, 2.24) is 35.0 Å². The fraction of sp³-hybridized carbons (Fsp3) is 0.462. The molecule has 4 rings (SSSR count). The Bertz CT molecular complexity index is 750. The number of rotatable bonds is 3. The molecule has 1 aliphatic heterocycles. The molecule has 0 spiro atoms. The van der Waals surface area contributed by atoms with Crippen molar-refractivity contribution in [3.8, 4) is 0 Å². The van der Waals surface area contributed by atoms with Gasteiger partial charge in [0, 0.05) is 12.2 Å². The summed E-state index contributed by atoms with van der Waals surface area (Å²) in [4.78, 5) is 0. The van der Waals surface area contributed by atoms with Gasteiger partial charge >= 0.3 is 0 Å². The molecule has 1 atom stereocenters. The SMILES string of the molecule is CC(Nc1ccc2nnnn2n1)c1cc2n(n1)CCCC2. The molecular weight excluding hydrogens is 268 g/mol. The summed E-state index contributed by atoms with van der Waals surface area (Å²) in [5.74, 6) is 0.730. The molecule has 0 saturated carbocycles. The molecule has 0 amide bonds. The highest BCUT2D eigenvalue weighted by Crippen LogP contribution is 2.21. The van der Waals surface area contributed by atoms with Crippen molar-refractivity contribution in [2.75, 3.05) is 5.32 Å². The summed E-state index contributed by atoms with van der Waals surface area (Å²) in [6.07, 6.45) is 3.59. The van der Waals surface area contributed by atoms with E-state index in [0.29, 0.717) is 5.65 Å². The van der Waals surface area contributed by atoms with Crippen LogP contribution in [-0.4, -0.2) is 35.0 Å². The number of nitrogens with zero attached hydrogens (tertiary/aromatic N) is 7. The van der Waals surface area contributed by atoms with Crippen molar-refractivity contribution in [2.24, 2.45) is 0 Å². The van der Waals surface area contributed by atoms with Crippen molar-refractivity contribution in [1.29, 1.82) is 0 Å². The monoisotopic (exact) mass is 284 g/mol. The molecule has 0 saturated heterocycles. The Labute approximate surface area is 121 Å². The highest BCUT2D eigenvalue weighted by molar-refractivity contribution is 5.43. The van der Waals surface area contributed by atoms with E-state index in [1.807, 2.05) is 12.1 Å². The first-order valence-corrected chi connectivity index (χ1v) is 7.18. The number of hydrogen-bond donors (Lipinski definition) is 1. The molecular formula is C13H16N8. The van der Waals surface area contributed by atoms with Gasteiger partial charge in [-0.1, -0.05) is 0 Å². The lowest BCUT2D eigenvalue weighted by molar-refractivity contribution is 0.482. The van der Waals surface area contributed by atoms with E-state index >= 15 is 0 Å². The molecule has 0 fully saturated rings. The number of anilines is 1. The summed E-state index contributed by atoms with van der Waals surface area (Å²) < 4.78 is 3.53. The second-order valence-corrected chi connectivity index (χ2v) is 5.35. The van der Waals surface area contributed by atoms with Crippen molar-refractivity contribution in [3.05, 3.63) is 29.6 Å². The van der Waals surface area contributed by atoms with Gasteiger partial charge in [-0.15, -0.1) is 14.8 Å². The van der Waals surface area contributed by atoms with Crippen LogP contribution in [0.5, 0.6) is 0 Å². The van der Waals surface area contributed by atoms with Crippen LogP contribution in [0.1, 0.15) is 37.2 Å². The molecule has 0 bridgehead atoms. The molecule has 1 unspecified atom stereocenters. The van der Waals surface area contributed by atoms with Crippen molar-refractivity contribution in [2.45, 2.75) is 38.8 Å². The molecule has 3 aromatic heterocycles. The first kappa shape index (κ1) is 12.2. The highest BCUT2D eigenvalue weighted by Gasteiger charge is 2.16. The van der Waals surface area contributed by atoms with Gasteiger partial charge in [0.1, 0.15) is 5.82 Å². The molecule has 0 radical (unpaired) electrons. The van der Waals surface area contributed by atoms with Crippen LogP contribution in [0.3, 0.4) is 0 Å². The van der Waals surface area contributed by atoms with Gasteiger partial charge in [0.25, 0.3) is 0 Å². The predicted octanol–water partition coefficient (Wildman–Crippen LogP) is 1.23. The average molecular weight is 284 g/mol. The molecule has 21 heavy (non-hydrogen) atoms. The van der Waals surface area contributed by atoms with E-state index in [1.54, 1.807) is 0 Å². The summed E-state index contributed by atoms with van der Waals surface area (Å²) in [5.41, 5.74) is 3.00. The standard InChI is InChI=1S/C13H16N8/c1-9(11-8-10-4-2-3-7-20(10)16-11)14-12-5-6-13-15-18-19-21(13)17-12/h5-6,8-9H,2-4,7H2,1H3,(H,14,17). The van der Waals surface area contributed by atoms with Crippen LogP contribution < -0.4 is 5.32 Å². The second kappa shape index (κ2) is 4.80. The van der Waals surface area contributed by atoms with Crippen LogP contribution in [0.25, 0.3) is 5.65 Å². The van der Waals surface area contributed by atoms with E-state index in [1.165, 1.54) is 23.2 Å². The summed E-state index contributed by atoms with van der Waals surface area (Å²) in [5, 5.41) is 23.6. The summed E-state index contributed by atoms with van der Waals surface area (Å²) in [6.45, 7) is 3.11. The Morgan fingerprint density at radius 1 is 1.24 bits per heavy atom. The minimum atomic E-state index is 0.0875. The smallest absolute Gasteiger partial charge is 0.200 e. The number of aromatic nitrogens is 7. The lowest BCUT2D eigenvalue weighted by Crippen LogP contribution is -2.12. The quantitative estimate of drug-likeness (QED) is 0.778. The first-order valence-electron chi connectivity index (χ1n) is 7.18. The van der Waals surface area contributed by atoms with Crippen LogP contribution in [0.15, 0.2) is 18.2 Å². The maximum absolute atomic E-state index is 4.68. The first-order chi connectivity index (χ1) is 10.3. The lowest BCUT2D eigenvalue weighted by Gasteiger charge is -2.12. The second-order valence-electron chi connectivity index (χ2n) is 5.35. The number of aryl methyl sites for hydroxylation is 2. The van der Waals surface area contributed by atoms with Gasteiger partial charge in [-0.25, -0.2) is 0 Å². The van der Waals surface area contributed by atoms with E-state index < -0.39 is 0 Å². The molecule has 108 valence electrons. The molecule has 3 aromatic rings. The lowest BCUT2D eigenvalue weighted by atomic mass is 10.1. The predicted molar refractivity (Wildman–Crippen MR) is 75.8 cm³/mol. The topological polar surface area (TPSA) is 85.8 Å². The molecule has 0 aliphatic carbocycles. The van der Waals surface area contributed by atoms with Crippen molar-refractivity contribution < 1.29 is 0 Å². The summed E-state index contributed by atoms with van der Waals surface area (Å²) in [7, 11) is 0. The van der Waals surface area contributed by atoms with Gasteiger partial charge in [-0.2, -0.15) is 5.10 Å². The normalized spacial score (nSPS) is 15.9. The van der Waals surface area contributed by atoms with E-state index in [4.69, 9.17) is 0 Å². The van der Waals surface area contributed by atoms with Gasteiger partial charge in [0.15, 0.2) is 5.65 Å². The largest absolute Gasteiger partial charge is 0.360 e. The zero-order valence-electron chi connectivity index (χ0n) is 11.8. The van der Waals surface area contributed by atoms with E-state index in [2.05, 4.69) is 48.7 Å². The third-order valence-corrected chi connectivity index (χ3v) is 3.81. The third-order valence-electron chi connectivity index (χ3n) is 3.81. The summed E-state index contributed by atoms with van der Waals surface area (Å²) >= 11 is 0. The van der Waals surface area contributed by atoms with Gasteiger partial charge in [-0.3, -0.25) is 4.68 Å². The Morgan fingerprint density at radius 3 is 3.10 bits per heavy atom. The minimum absolute atomic E-state index is 0.0875. The number of hydrogen-bond acceptors (Lipinski definition) is 6. The number of tetrazole rings is 1. The molecule has 0 aromatic carbocycles. The van der Waals surface area contributed by atoms with Crippen molar-refractivity contribution in [3.63, 3.8) is 0 Å². The minimum Gasteiger partial charge on any atom is -0.360 e. The van der Waals surface area contributed by atoms with Crippen LogP contribution in [0.4, 0.5) is 5.82 Å². The maximum atomic E-state index is 4.68. The van der Waals surface area contributed by atoms with Gasteiger partial charge in [0.05, 0.1) is 11.7 Å². The maximum Gasteiger partial charge on any atom is 0.200 e. The molecule has 8 heteroatoms. The van der Waals surface area contributed by atoms with Crippen LogP contribution in [-0.2, 0) is 13.0 Å². The van der Waals surface area contributed by atoms with Crippen molar-refractivity contribution >= 4 is 11.5 Å². The fourth-order valence-corrected chi connectivity index (χ4v) is 2.67. The Balaban J connectivity index is 1.56. The zero-order chi connectivity index (χ0) is 14.2. The Kier molecular flexibility index (Phi) is 2.80. The molecule has 4 heterocycles. The zero-order valence-corrected chi connectivity index (χ0v) is 11.8. The van der Waals surface area contributed by atoms with E-state index in [-0.39, 0.29) is 6.04 Å². The number of nitrogens with one attached hydrogen (secondary N) is 1.